The van der Waals surface area contributed by atoms with Crippen LogP contribution < -0.4 is 15.2 Å². The van der Waals surface area contributed by atoms with Crippen LogP contribution in [0.5, 0.6) is 11.5 Å². The highest BCUT2D eigenvalue weighted by Crippen LogP contribution is 2.31. The summed E-state index contributed by atoms with van der Waals surface area (Å²) in [7, 11) is 1.49. The largest absolute Gasteiger partial charge is 0.493 e. The van der Waals surface area contributed by atoms with Crippen LogP contribution in [0.2, 0.25) is 0 Å². The third kappa shape index (κ3) is 4.85. The molecule has 1 aromatic carbocycles. The van der Waals surface area contributed by atoms with Gasteiger partial charge in [-0.2, -0.15) is 0 Å². The molecule has 5 nitrogen and oxygen atoms in total. The Morgan fingerprint density at radius 2 is 1.96 bits per heavy atom. The van der Waals surface area contributed by atoms with Gasteiger partial charge in [-0.25, -0.2) is 4.98 Å². The fraction of sp³-hybridized carbons (Fsp3) is 0.222. The van der Waals surface area contributed by atoms with Crippen LogP contribution in [0.25, 0.3) is 6.08 Å². The smallest absolute Gasteiger partial charge is 0.271 e. The van der Waals surface area contributed by atoms with E-state index in [9.17, 15) is 4.79 Å². The molecule has 0 aliphatic carbocycles. The van der Waals surface area contributed by atoms with Crippen LogP contribution in [0.4, 0.5) is 0 Å². The van der Waals surface area contributed by atoms with Gasteiger partial charge in [0.1, 0.15) is 6.61 Å². The van der Waals surface area contributed by atoms with Crippen LogP contribution in [0.15, 0.2) is 43.0 Å². The number of carbonyl (C=O) groups excluding carboxylic acids is 1. The predicted octanol–water partition coefficient (Wildman–Crippen LogP) is 3.44. The lowest BCUT2D eigenvalue weighted by atomic mass is 10.2. The molecule has 2 rings (SSSR count). The molecule has 0 atom stereocenters. The first-order valence-corrected chi connectivity index (χ1v) is 7.33. The van der Waals surface area contributed by atoms with E-state index in [0.717, 1.165) is 5.56 Å². The number of aromatic nitrogens is 1. The van der Waals surface area contributed by atoms with Crippen molar-refractivity contribution in [3.63, 3.8) is 0 Å². The fourth-order valence-electron chi connectivity index (χ4n) is 1.82. The Labute approximate surface area is 136 Å². The van der Waals surface area contributed by atoms with Gasteiger partial charge in [-0.3, -0.25) is 4.79 Å². The number of hydrogen-bond donors (Lipinski definition) is 1. The highest BCUT2D eigenvalue weighted by atomic mass is 16.5. The Balaban J connectivity index is 0.00000127. The molecule has 5 heteroatoms. The summed E-state index contributed by atoms with van der Waals surface area (Å²) in [5.74, 6) is -0.0517. The quantitative estimate of drug-likeness (QED) is 0.886. The van der Waals surface area contributed by atoms with Gasteiger partial charge >= 0.3 is 0 Å². The molecule has 1 aromatic heterocycles. The first-order valence-electron chi connectivity index (χ1n) is 7.33. The summed E-state index contributed by atoms with van der Waals surface area (Å²) >= 11 is 0. The van der Waals surface area contributed by atoms with Crippen LogP contribution in [0, 0.1) is 0 Å². The molecule has 0 saturated carbocycles. The number of pyridine rings is 1. The Bertz CT molecular complexity index is 655. The van der Waals surface area contributed by atoms with Gasteiger partial charge in [-0.15, -0.1) is 0 Å². The molecule has 0 aliphatic heterocycles. The zero-order chi connectivity index (χ0) is 17.2. The molecule has 2 aromatic rings. The Morgan fingerprint density at radius 1 is 1.30 bits per heavy atom. The van der Waals surface area contributed by atoms with Crippen molar-refractivity contribution in [2.45, 2.75) is 20.5 Å². The average molecular weight is 314 g/mol. The molecular weight excluding hydrogens is 292 g/mol. The van der Waals surface area contributed by atoms with Crippen LogP contribution >= 0.6 is 0 Å². The third-order valence-corrected chi connectivity index (χ3v) is 2.85. The maximum atomic E-state index is 11.6. The van der Waals surface area contributed by atoms with Crippen molar-refractivity contribution < 1.29 is 14.3 Å². The first kappa shape index (κ1) is 18.2. The summed E-state index contributed by atoms with van der Waals surface area (Å²) in [6.45, 7) is 7.90. The molecular formula is C18H22N2O3. The highest BCUT2D eigenvalue weighted by molar-refractivity contribution is 5.94. The molecule has 0 radical (unpaired) electrons. The molecule has 0 fully saturated rings. The van der Waals surface area contributed by atoms with Gasteiger partial charge < -0.3 is 15.2 Å². The van der Waals surface area contributed by atoms with Gasteiger partial charge in [0.15, 0.2) is 17.2 Å². The summed E-state index contributed by atoms with van der Waals surface area (Å²) in [5, 5.41) is 0. The van der Waals surface area contributed by atoms with E-state index < -0.39 is 5.91 Å². The molecule has 0 unspecified atom stereocenters. The summed E-state index contributed by atoms with van der Waals surface area (Å²) < 4.78 is 10.9. The number of hydrogen-bond acceptors (Lipinski definition) is 4. The van der Waals surface area contributed by atoms with Crippen LogP contribution in [-0.4, -0.2) is 18.0 Å². The van der Waals surface area contributed by atoms with Crippen molar-refractivity contribution >= 4 is 12.0 Å². The number of rotatable bonds is 6. The number of nitrogens with two attached hydrogens (primary N) is 1. The summed E-state index contributed by atoms with van der Waals surface area (Å²) in [4.78, 5) is 15.7. The molecule has 2 N–H and O–H groups in total. The number of benzene rings is 1. The lowest BCUT2D eigenvalue weighted by molar-refractivity contribution is 0.0989. The summed E-state index contributed by atoms with van der Waals surface area (Å²) in [5.41, 5.74) is 6.84. The van der Waals surface area contributed by atoms with Gasteiger partial charge in [-0.1, -0.05) is 50.8 Å². The second-order valence-electron chi connectivity index (χ2n) is 4.27. The topological polar surface area (TPSA) is 74.4 Å². The van der Waals surface area contributed by atoms with Gasteiger partial charge in [-0.05, 0) is 11.6 Å². The maximum Gasteiger partial charge on any atom is 0.271 e. The van der Waals surface area contributed by atoms with Gasteiger partial charge in [0, 0.05) is 6.07 Å². The standard InChI is InChI=1S/C16H16N2O3.C2H6/c1-3-12-9-13(20-2)15(14(18-12)16(17)19)21-10-11-7-5-4-6-8-11;1-2/h3-9H,1,10H2,2H3,(H2,17,19);1-2H3. The van der Waals surface area contributed by atoms with Crippen molar-refractivity contribution in [3.05, 3.63) is 59.9 Å². The third-order valence-electron chi connectivity index (χ3n) is 2.85. The van der Waals surface area contributed by atoms with E-state index in [2.05, 4.69) is 11.6 Å². The molecule has 0 saturated heterocycles. The highest BCUT2D eigenvalue weighted by Gasteiger charge is 2.18. The van der Waals surface area contributed by atoms with E-state index in [4.69, 9.17) is 15.2 Å². The molecule has 23 heavy (non-hydrogen) atoms. The summed E-state index contributed by atoms with van der Waals surface area (Å²) in [6.07, 6.45) is 1.51. The lowest BCUT2D eigenvalue weighted by Gasteiger charge is -2.14. The maximum absolute atomic E-state index is 11.6. The molecule has 0 bridgehead atoms. The van der Waals surface area contributed by atoms with Gasteiger partial charge in [0.05, 0.1) is 12.8 Å². The Hall–Kier alpha value is -2.82. The van der Waals surface area contributed by atoms with Crippen molar-refractivity contribution in [1.82, 2.24) is 4.98 Å². The van der Waals surface area contributed by atoms with E-state index in [0.29, 0.717) is 11.4 Å². The molecule has 1 amide bonds. The number of amides is 1. The number of primary amides is 1. The minimum atomic E-state index is -0.680. The Morgan fingerprint density at radius 3 is 2.48 bits per heavy atom. The minimum Gasteiger partial charge on any atom is -0.493 e. The van der Waals surface area contributed by atoms with E-state index in [1.54, 1.807) is 6.07 Å². The predicted molar refractivity (Wildman–Crippen MR) is 91.5 cm³/mol. The normalized spacial score (nSPS) is 9.35. The van der Waals surface area contributed by atoms with Crippen LogP contribution in [0.3, 0.4) is 0 Å². The van der Waals surface area contributed by atoms with Gasteiger partial charge in [0.25, 0.3) is 5.91 Å². The van der Waals surface area contributed by atoms with Crippen molar-refractivity contribution in [2.24, 2.45) is 5.73 Å². The summed E-state index contributed by atoms with van der Waals surface area (Å²) in [6, 6.07) is 11.2. The Kier molecular flexibility index (Phi) is 7.33. The molecule has 1 heterocycles. The minimum absolute atomic E-state index is 0.0279. The lowest BCUT2D eigenvalue weighted by Crippen LogP contribution is -2.16. The van der Waals surface area contributed by atoms with E-state index >= 15 is 0 Å². The second kappa shape index (κ2) is 9.25. The number of carbonyl (C=O) groups is 1. The van der Waals surface area contributed by atoms with E-state index in [1.807, 2.05) is 44.2 Å². The zero-order valence-electron chi connectivity index (χ0n) is 13.7. The average Bonchev–Trinajstić information content (AvgIpc) is 2.61. The molecule has 0 spiro atoms. The monoisotopic (exact) mass is 314 g/mol. The van der Waals surface area contributed by atoms with Gasteiger partial charge in [0.2, 0.25) is 0 Å². The number of ether oxygens (including phenoxy) is 2. The van der Waals surface area contributed by atoms with Crippen molar-refractivity contribution in [2.75, 3.05) is 7.11 Å². The first-order chi connectivity index (χ1) is 11.2. The zero-order valence-corrected chi connectivity index (χ0v) is 13.7. The SMILES string of the molecule is C=Cc1cc(OC)c(OCc2ccccc2)c(C(N)=O)n1.CC. The van der Waals surface area contributed by atoms with E-state index in [-0.39, 0.29) is 18.1 Å². The van der Waals surface area contributed by atoms with Crippen LogP contribution in [0.1, 0.15) is 35.6 Å². The molecule has 122 valence electrons. The fourth-order valence-corrected chi connectivity index (χ4v) is 1.82. The van der Waals surface area contributed by atoms with Crippen LogP contribution in [-0.2, 0) is 6.61 Å². The second-order valence-corrected chi connectivity index (χ2v) is 4.27. The number of methoxy groups -OCH3 is 1. The van der Waals surface area contributed by atoms with E-state index in [1.165, 1.54) is 13.2 Å². The molecule has 0 aliphatic rings. The van der Waals surface area contributed by atoms with Crippen molar-refractivity contribution in [3.8, 4) is 11.5 Å². The van der Waals surface area contributed by atoms with Crippen molar-refractivity contribution in [1.29, 1.82) is 0 Å². The number of nitrogens with zero attached hydrogens (tertiary/aromatic N) is 1.